The zero-order valence-electron chi connectivity index (χ0n) is 10.8. The van der Waals surface area contributed by atoms with Gasteiger partial charge in [0.25, 0.3) is 0 Å². The van der Waals surface area contributed by atoms with Crippen LogP contribution in [-0.4, -0.2) is 28.9 Å². The summed E-state index contributed by atoms with van der Waals surface area (Å²) in [5, 5.41) is 0. The molecule has 1 fully saturated rings. The maximum Gasteiger partial charge on any atom is 0.242 e. The Hall–Kier alpha value is -0.280. The summed E-state index contributed by atoms with van der Waals surface area (Å²) < 4.78 is 0. The number of amides is 1. The summed E-state index contributed by atoms with van der Waals surface area (Å²) in [4.78, 5) is 14.2. The van der Waals surface area contributed by atoms with E-state index in [0.717, 1.165) is 25.8 Å². The monoisotopic (exact) mass is 248 g/mol. The highest BCUT2D eigenvalue weighted by Gasteiger charge is 2.38. The number of halogens is 1. The first-order chi connectivity index (χ1) is 6.90. The van der Waals surface area contributed by atoms with E-state index >= 15 is 0 Å². The smallest absolute Gasteiger partial charge is 0.242 e. The van der Waals surface area contributed by atoms with Crippen LogP contribution in [0.25, 0.3) is 0 Å². The molecule has 0 saturated carbocycles. The van der Waals surface area contributed by atoms with E-state index in [4.69, 9.17) is 5.73 Å². The van der Waals surface area contributed by atoms with Crippen molar-refractivity contribution in [1.82, 2.24) is 4.90 Å². The molecule has 2 N–H and O–H groups in total. The van der Waals surface area contributed by atoms with E-state index in [1.807, 2.05) is 11.8 Å². The summed E-state index contributed by atoms with van der Waals surface area (Å²) in [6, 6.07) is 0.345. The average molecular weight is 249 g/mol. The van der Waals surface area contributed by atoms with Crippen LogP contribution in [-0.2, 0) is 4.79 Å². The van der Waals surface area contributed by atoms with Gasteiger partial charge in [0.15, 0.2) is 0 Å². The van der Waals surface area contributed by atoms with Crippen molar-refractivity contribution in [2.75, 3.05) is 6.54 Å². The molecule has 0 bridgehead atoms. The van der Waals surface area contributed by atoms with Gasteiger partial charge in [-0.1, -0.05) is 20.3 Å². The van der Waals surface area contributed by atoms with E-state index in [-0.39, 0.29) is 18.3 Å². The normalized spacial score (nSPS) is 28.4. The molecule has 3 atom stereocenters. The fourth-order valence-corrected chi connectivity index (χ4v) is 2.34. The second kappa shape index (κ2) is 5.87. The number of carbonyl (C=O) groups is 1. The zero-order chi connectivity index (χ0) is 11.6. The second-order valence-corrected chi connectivity index (χ2v) is 5.17. The fraction of sp³-hybridized carbons (Fsp3) is 0.917. The predicted molar refractivity (Wildman–Crippen MR) is 69.7 cm³/mol. The lowest BCUT2D eigenvalue weighted by atomic mass is 9.95. The summed E-state index contributed by atoms with van der Waals surface area (Å²) in [5.41, 5.74) is 5.39. The fourth-order valence-electron chi connectivity index (χ4n) is 2.34. The van der Waals surface area contributed by atoms with Crippen molar-refractivity contribution in [3.05, 3.63) is 0 Å². The van der Waals surface area contributed by atoms with Gasteiger partial charge in [-0.25, -0.2) is 0 Å². The maximum atomic E-state index is 12.2. The Kier molecular flexibility index (Phi) is 5.77. The first kappa shape index (κ1) is 15.7. The number of likely N-dealkylation sites (tertiary alicyclic amines) is 1. The van der Waals surface area contributed by atoms with E-state index in [9.17, 15) is 4.79 Å². The van der Waals surface area contributed by atoms with E-state index in [0.29, 0.717) is 12.0 Å². The van der Waals surface area contributed by atoms with Gasteiger partial charge in [0.1, 0.15) is 0 Å². The highest BCUT2D eigenvalue weighted by molar-refractivity contribution is 5.86. The predicted octanol–water partition coefficient (Wildman–Crippen LogP) is 2.18. The van der Waals surface area contributed by atoms with Crippen LogP contribution in [0.4, 0.5) is 0 Å². The molecule has 1 amide bonds. The van der Waals surface area contributed by atoms with Crippen LogP contribution >= 0.6 is 12.4 Å². The molecule has 0 spiro atoms. The molecule has 1 heterocycles. The lowest BCUT2D eigenvalue weighted by molar-refractivity contribution is -0.137. The first-order valence-electron chi connectivity index (χ1n) is 6.00. The molecular formula is C12H25ClN2O. The minimum absolute atomic E-state index is 0. The number of nitrogens with two attached hydrogens (primary N) is 1. The van der Waals surface area contributed by atoms with Gasteiger partial charge in [0, 0.05) is 12.6 Å². The quantitative estimate of drug-likeness (QED) is 0.832. The van der Waals surface area contributed by atoms with E-state index < -0.39 is 5.54 Å². The number of carbonyl (C=O) groups excluding carboxylic acids is 1. The molecular weight excluding hydrogens is 224 g/mol. The topological polar surface area (TPSA) is 46.3 Å². The molecule has 1 aliphatic rings. The van der Waals surface area contributed by atoms with Gasteiger partial charge >= 0.3 is 0 Å². The van der Waals surface area contributed by atoms with Crippen LogP contribution in [0.1, 0.15) is 47.0 Å². The number of rotatable bonds is 3. The Morgan fingerprint density at radius 2 is 2.06 bits per heavy atom. The van der Waals surface area contributed by atoms with Crippen molar-refractivity contribution in [3.63, 3.8) is 0 Å². The van der Waals surface area contributed by atoms with Gasteiger partial charge in [-0.3, -0.25) is 4.79 Å². The van der Waals surface area contributed by atoms with Crippen molar-refractivity contribution < 1.29 is 4.79 Å². The molecule has 1 saturated heterocycles. The van der Waals surface area contributed by atoms with Gasteiger partial charge in [0.05, 0.1) is 5.54 Å². The van der Waals surface area contributed by atoms with Crippen molar-refractivity contribution in [2.45, 2.75) is 58.5 Å². The van der Waals surface area contributed by atoms with Gasteiger partial charge in [-0.15, -0.1) is 12.4 Å². The van der Waals surface area contributed by atoms with Crippen LogP contribution in [0.3, 0.4) is 0 Å². The highest BCUT2D eigenvalue weighted by atomic mass is 35.5. The molecule has 4 heteroatoms. The van der Waals surface area contributed by atoms with E-state index in [1.54, 1.807) is 0 Å². The van der Waals surface area contributed by atoms with E-state index in [1.165, 1.54) is 0 Å². The standard InChI is InChI=1S/C12H24N2O.ClH/c1-5-7-12(4,13)11(15)14-8-6-9(2)10(14)3;/h9-10H,5-8,13H2,1-4H3;1H. The third-order valence-electron chi connectivity index (χ3n) is 3.66. The van der Waals surface area contributed by atoms with Crippen LogP contribution in [0.5, 0.6) is 0 Å². The summed E-state index contributed by atoms with van der Waals surface area (Å²) >= 11 is 0. The number of nitrogens with zero attached hydrogens (tertiary/aromatic N) is 1. The molecule has 3 unspecified atom stereocenters. The Bertz CT molecular complexity index is 243. The molecule has 0 aromatic carbocycles. The van der Waals surface area contributed by atoms with Gasteiger partial charge in [-0.05, 0) is 32.6 Å². The van der Waals surface area contributed by atoms with Crippen molar-refractivity contribution >= 4 is 18.3 Å². The van der Waals surface area contributed by atoms with Crippen LogP contribution < -0.4 is 5.73 Å². The lowest BCUT2D eigenvalue weighted by Crippen LogP contribution is -2.54. The van der Waals surface area contributed by atoms with Crippen LogP contribution in [0.15, 0.2) is 0 Å². The molecule has 16 heavy (non-hydrogen) atoms. The summed E-state index contributed by atoms with van der Waals surface area (Å²) in [6.07, 6.45) is 2.83. The Labute approximate surface area is 105 Å². The third-order valence-corrected chi connectivity index (χ3v) is 3.66. The van der Waals surface area contributed by atoms with E-state index in [2.05, 4.69) is 20.8 Å². The Morgan fingerprint density at radius 3 is 2.44 bits per heavy atom. The molecule has 1 aliphatic heterocycles. The summed E-state index contributed by atoms with van der Waals surface area (Å²) in [7, 11) is 0. The largest absolute Gasteiger partial charge is 0.338 e. The van der Waals surface area contributed by atoms with Gasteiger partial charge in [-0.2, -0.15) is 0 Å². The minimum atomic E-state index is -0.674. The number of hydrogen-bond acceptors (Lipinski definition) is 2. The van der Waals surface area contributed by atoms with Gasteiger partial charge in [0.2, 0.25) is 5.91 Å². The third kappa shape index (κ3) is 3.11. The summed E-state index contributed by atoms with van der Waals surface area (Å²) in [6.45, 7) is 9.11. The molecule has 3 nitrogen and oxygen atoms in total. The maximum absolute atomic E-state index is 12.2. The Morgan fingerprint density at radius 1 is 1.50 bits per heavy atom. The lowest BCUT2D eigenvalue weighted by Gasteiger charge is -2.32. The molecule has 0 aromatic heterocycles. The Balaban J connectivity index is 0.00000225. The zero-order valence-corrected chi connectivity index (χ0v) is 11.6. The SMILES string of the molecule is CCCC(C)(N)C(=O)N1CCC(C)C1C.Cl. The average Bonchev–Trinajstić information content (AvgIpc) is 2.46. The van der Waals surface area contributed by atoms with Crippen molar-refractivity contribution in [1.29, 1.82) is 0 Å². The first-order valence-corrected chi connectivity index (χ1v) is 6.00. The molecule has 0 radical (unpaired) electrons. The summed E-state index contributed by atoms with van der Waals surface area (Å²) in [5.74, 6) is 0.729. The highest BCUT2D eigenvalue weighted by Crippen LogP contribution is 2.26. The van der Waals surface area contributed by atoms with Crippen LogP contribution in [0.2, 0.25) is 0 Å². The second-order valence-electron chi connectivity index (χ2n) is 5.17. The van der Waals surface area contributed by atoms with Crippen molar-refractivity contribution in [3.8, 4) is 0 Å². The van der Waals surface area contributed by atoms with Gasteiger partial charge < -0.3 is 10.6 Å². The molecule has 1 rings (SSSR count). The molecule has 96 valence electrons. The van der Waals surface area contributed by atoms with Crippen LogP contribution in [0, 0.1) is 5.92 Å². The molecule has 0 aromatic rings. The number of hydrogen-bond donors (Lipinski definition) is 1. The minimum Gasteiger partial charge on any atom is -0.338 e. The molecule has 0 aliphatic carbocycles. The van der Waals surface area contributed by atoms with Crippen molar-refractivity contribution in [2.24, 2.45) is 11.7 Å².